The average molecular weight is 230 g/mol. The van der Waals surface area contributed by atoms with Crippen LogP contribution in [0.2, 0.25) is 0 Å². The highest BCUT2D eigenvalue weighted by Gasteiger charge is 2.31. The zero-order valence-corrected chi connectivity index (χ0v) is 11.2. The third kappa shape index (κ3) is 4.49. The van der Waals surface area contributed by atoms with Crippen molar-refractivity contribution in [1.82, 2.24) is 4.90 Å². The van der Waals surface area contributed by atoms with Gasteiger partial charge in [-0.2, -0.15) is 0 Å². The fourth-order valence-electron chi connectivity index (χ4n) is 1.41. The molecule has 0 heterocycles. The number of nitrogens with two attached hydrogens (primary N) is 1. The van der Waals surface area contributed by atoms with Crippen molar-refractivity contribution >= 4 is 5.91 Å². The highest BCUT2D eigenvalue weighted by molar-refractivity contribution is 5.82. The fraction of sp³-hybridized carbons (Fsp3) is 0.917. The predicted molar refractivity (Wildman–Crippen MR) is 66.0 cm³/mol. The molecule has 0 fully saturated rings. The molecule has 96 valence electrons. The number of hydrogen-bond acceptors (Lipinski definition) is 3. The molecule has 16 heavy (non-hydrogen) atoms. The topological polar surface area (TPSA) is 66.6 Å². The largest absolute Gasteiger partial charge is 0.396 e. The molecule has 1 unspecified atom stereocenters. The first-order valence-corrected chi connectivity index (χ1v) is 5.88. The van der Waals surface area contributed by atoms with E-state index >= 15 is 0 Å². The molecule has 0 aliphatic rings. The van der Waals surface area contributed by atoms with Crippen molar-refractivity contribution in [2.24, 2.45) is 11.1 Å². The minimum Gasteiger partial charge on any atom is -0.396 e. The van der Waals surface area contributed by atoms with Gasteiger partial charge in [-0.3, -0.25) is 4.79 Å². The van der Waals surface area contributed by atoms with E-state index in [9.17, 15) is 4.79 Å². The van der Waals surface area contributed by atoms with E-state index in [0.717, 1.165) is 0 Å². The van der Waals surface area contributed by atoms with Gasteiger partial charge in [-0.05, 0) is 25.7 Å². The van der Waals surface area contributed by atoms with E-state index in [2.05, 4.69) is 0 Å². The molecule has 0 aliphatic heterocycles. The second-order valence-corrected chi connectivity index (χ2v) is 5.55. The molecular formula is C12H26N2O2. The molecule has 0 rings (SSSR count). The second-order valence-electron chi connectivity index (χ2n) is 5.55. The summed E-state index contributed by atoms with van der Waals surface area (Å²) in [5, 5.41) is 8.81. The number of amides is 1. The number of hydrogen-bond donors (Lipinski definition) is 2. The quantitative estimate of drug-likeness (QED) is 0.740. The molecule has 0 saturated carbocycles. The Hall–Kier alpha value is -0.610. The van der Waals surface area contributed by atoms with Gasteiger partial charge >= 0.3 is 0 Å². The highest BCUT2D eigenvalue weighted by atomic mass is 16.3. The first-order valence-electron chi connectivity index (χ1n) is 5.88. The molecular weight excluding hydrogens is 204 g/mol. The first-order chi connectivity index (χ1) is 7.21. The summed E-state index contributed by atoms with van der Waals surface area (Å²) < 4.78 is 0. The van der Waals surface area contributed by atoms with Crippen molar-refractivity contribution in [2.45, 2.75) is 53.1 Å². The Balaban J connectivity index is 4.61. The van der Waals surface area contributed by atoms with Gasteiger partial charge in [0, 0.05) is 19.2 Å². The summed E-state index contributed by atoms with van der Waals surface area (Å²) in [7, 11) is 0. The summed E-state index contributed by atoms with van der Waals surface area (Å²) >= 11 is 0. The van der Waals surface area contributed by atoms with Gasteiger partial charge in [-0.25, -0.2) is 0 Å². The maximum atomic E-state index is 12.2. The number of carbonyl (C=O) groups is 1. The number of carbonyl (C=O) groups excluding carboxylic acids is 1. The van der Waals surface area contributed by atoms with Gasteiger partial charge in [0.05, 0.1) is 6.04 Å². The zero-order chi connectivity index (χ0) is 12.9. The molecule has 4 heteroatoms. The highest BCUT2D eigenvalue weighted by Crippen LogP contribution is 2.20. The van der Waals surface area contributed by atoms with Crippen LogP contribution in [0.4, 0.5) is 0 Å². The van der Waals surface area contributed by atoms with E-state index in [1.54, 1.807) is 4.90 Å². The minimum absolute atomic E-state index is 0.0315. The molecule has 1 amide bonds. The van der Waals surface area contributed by atoms with Crippen LogP contribution in [0.25, 0.3) is 0 Å². The summed E-state index contributed by atoms with van der Waals surface area (Å²) in [4.78, 5) is 13.9. The van der Waals surface area contributed by atoms with Crippen LogP contribution < -0.4 is 5.73 Å². The minimum atomic E-state index is -0.492. The predicted octanol–water partition coefficient (Wildman–Crippen LogP) is 0.979. The second kappa shape index (κ2) is 6.21. The van der Waals surface area contributed by atoms with Crippen LogP contribution in [-0.2, 0) is 4.79 Å². The number of rotatable bonds is 5. The Bertz CT molecular complexity index is 222. The molecule has 0 aromatic carbocycles. The normalized spacial score (nSPS) is 14.0. The molecule has 4 nitrogen and oxygen atoms in total. The molecule has 0 spiro atoms. The molecule has 0 aromatic heterocycles. The summed E-state index contributed by atoms with van der Waals surface area (Å²) in [6, 6.07) is -0.374. The van der Waals surface area contributed by atoms with E-state index < -0.39 is 6.04 Å². The first kappa shape index (κ1) is 15.4. The lowest BCUT2D eigenvalue weighted by Gasteiger charge is -2.34. The van der Waals surface area contributed by atoms with Crippen molar-refractivity contribution in [3.63, 3.8) is 0 Å². The monoisotopic (exact) mass is 230 g/mol. The number of aliphatic hydroxyl groups excluding tert-OH is 1. The van der Waals surface area contributed by atoms with Gasteiger partial charge in [0.1, 0.15) is 0 Å². The fourth-order valence-corrected chi connectivity index (χ4v) is 1.41. The Morgan fingerprint density at radius 2 is 1.88 bits per heavy atom. The van der Waals surface area contributed by atoms with E-state index in [-0.39, 0.29) is 24.0 Å². The number of aliphatic hydroxyl groups is 1. The van der Waals surface area contributed by atoms with Gasteiger partial charge in [0.2, 0.25) is 5.91 Å². The Morgan fingerprint density at radius 1 is 1.38 bits per heavy atom. The Labute approximate surface area is 98.8 Å². The maximum absolute atomic E-state index is 12.2. The Morgan fingerprint density at radius 3 is 2.19 bits per heavy atom. The van der Waals surface area contributed by atoms with Crippen LogP contribution in [0.15, 0.2) is 0 Å². The van der Waals surface area contributed by atoms with Gasteiger partial charge in [-0.1, -0.05) is 20.8 Å². The van der Waals surface area contributed by atoms with Crippen molar-refractivity contribution in [2.75, 3.05) is 13.2 Å². The van der Waals surface area contributed by atoms with Crippen molar-refractivity contribution in [3.8, 4) is 0 Å². The van der Waals surface area contributed by atoms with Gasteiger partial charge in [0.25, 0.3) is 0 Å². The molecule has 0 saturated heterocycles. The van der Waals surface area contributed by atoms with Crippen molar-refractivity contribution in [3.05, 3.63) is 0 Å². The molecule has 0 aliphatic carbocycles. The van der Waals surface area contributed by atoms with Crippen LogP contribution >= 0.6 is 0 Å². The average Bonchev–Trinajstić information content (AvgIpc) is 2.15. The van der Waals surface area contributed by atoms with Crippen molar-refractivity contribution < 1.29 is 9.90 Å². The lowest BCUT2D eigenvalue weighted by molar-refractivity contribution is -0.136. The molecule has 1 atom stereocenters. The Kier molecular flexibility index (Phi) is 5.97. The summed E-state index contributed by atoms with van der Waals surface area (Å²) in [6.07, 6.45) is 0.598. The van der Waals surface area contributed by atoms with E-state index in [1.807, 2.05) is 34.6 Å². The van der Waals surface area contributed by atoms with Crippen LogP contribution in [0.1, 0.15) is 41.0 Å². The van der Waals surface area contributed by atoms with E-state index in [4.69, 9.17) is 10.8 Å². The van der Waals surface area contributed by atoms with Gasteiger partial charge in [-0.15, -0.1) is 0 Å². The SMILES string of the molecule is CC(C)N(CCCO)C(=O)C(N)C(C)(C)C. The van der Waals surface area contributed by atoms with E-state index in [1.165, 1.54) is 0 Å². The van der Waals surface area contributed by atoms with Crippen LogP contribution in [0.5, 0.6) is 0 Å². The third-order valence-electron chi connectivity index (χ3n) is 2.66. The molecule has 3 N–H and O–H groups in total. The summed E-state index contributed by atoms with van der Waals surface area (Å²) in [5.74, 6) is -0.0315. The lowest BCUT2D eigenvalue weighted by atomic mass is 9.86. The summed E-state index contributed by atoms with van der Waals surface area (Å²) in [5.41, 5.74) is 5.72. The van der Waals surface area contributed by atoms with Crippen LogP contribution in [-0.4, -0.2) is 41.1 Å². The standard InChI is InChI=1S/C12H26N2O2/c1-9(2)14(7-6-8-15)11(16)10(13)12(3,4)5/h9-10,15H,6-8,13H2,1-5H3. The third-order valence-corrected chi connectivity index (χ3v) is 2.66. The lowest BCUT2D eigenvalue weighted by Crippen LogP contribution is -2.52. The van der Waals surface area contributed by atoms with Crippen LogP contribution in [0, 0.1) is 5.41 Å². The maximum Gasteiger partial charge on any atom is 0.240 e. The van der Waals surface area contributed by atoms with Gasteiger partial charge < -0.3 is 15.7 Å². The summed E-state index contributed by atoms with van der Waals surface area (Å²) in [6.45, 7) is 10.5. The smallest absolute Gasteiger partial charge is 0.240 e. The molecule has 0 bridgehead atoms. The van der Waals surface area contributed by atoms with E-state index in [0.29, 0.717) is 13.0 Å². The van der Waals surface area contributed by atoms with Crippen LogP contribution in [0.3, 0.4) is 0 Å². The van der Waals surface area contributed by atoms with Crippen molar-refractivity contribution in [1.29, 1.82) is 0 Å². The number of nitrogens with zero attached hydrogens (tertiary/aromatic N) is 1. The molecule has 0 radical (unpaired) electrons. The zero-order valence-electron chi connectivity index (χ0n) is 11.2. The van der Waals surface area contributed by atoms with Gasteiger partial charge in [0.15, 0.2) is 0 Å². The molecule has 0 aromatic rings.